The maximum atomic E-state index is 12.5. The second kappa shape index (κ2) is 6.91. The fraction of sp³-hybridized carbons (Fsp3) is 0.375. The zero-order valence-electron chi connectivity index (χ0n) is 11.7. The summed E-state index contributed by atoms with van der Waals surface area (Å²) in [5.41, 5.74) is 6.45. The molecule has 1 aliphatic heterocycles. The van der Waals surface area contributed by atoms with Gasteiger partial charge in [-0.05, 0) is 18.6 Å². The van der Waals surface area contributed by atoms with E-state index < -0.39 is 0 Å². The van der Waals surface area contributed by atoms with Crippen LogP contribution in [-0.2, 0) is 4.79 Å². The molecule has 2 rings (SSSR count). The van der Waals surface area contributed by atoms with Gasteiger partial charge in [-0.2, -0.15) is 0 Å². The van der Waals surface area contributed by atoms with Gasteiger partial charge >= 0.3 is 0 Å². The third-order valence-corrected chi connectivity index (χ3v) is 3.50. The summed E-state index contributed by atoms with van der Waals surface area (Å²) in [4.78, 5) is 25.4. The van der Waals surface area contributed by atoms with Crippen LogP contribution in [0.2, 0.25) is 0 Å². The van der Waals surface area contributed by atoms with Crippen molar-refractivity contribution >= 4 is 11.8 Å². The molecule has 1 aliphatic rings. The minimum absolute atomic E-state index is 0.00443. The number of carbonyl (C=O) groups excluding carboxylic acids is 2. The van der Waals surface area contributed by atoms with Crippen molar-refractivity contribution in [1.82, 2.24) is 4.90 Å². The number of nitrogens with zero attached hydrogens (tertiary/aromatic N) is 1. The first-order chi connectivity index (χ1) is 10.1. The van der Waals surface area contributed by atoms with E-state index in [1.165, 1.54) is 0 Å². The van der Waals surface area contributed by atoms with Gasteiger partial charge in [0.2, 0.25) is 5.91 Å². The third kappa shape index (κ3) is 3.61. The van der Waals surface area contributed by atoms with E-state index in [9.17, 15) is 9.59 Å². The number of benzene rings is 1. The van der Waals surface area contributed by atoms with Crippen LogP contribution in [0, 0.1) is 17.8 Å². The Hall–Kier alpha value is -2.32. The number of amides is 2. The Morgan fingerprint density at radius 2 is 2.14 bits per heavy atom. The van der Waals surface area contributed by atoms with Crippen LogP contribution < -0.4 is 5.73 Å². The lowest BCUT2D eigenvalue weighted by atomic mass is 10.1. The number of carbonyl (C=O) groups is 2. The Morgan fingerprint density at radius 3 is 2.81 bits per heavy atom. The zero-order chi connectivity index (χ0) is 15.2. The molecule has 3 N–H and O–H groups in total. The van der Waals surface area contributed by atoms with Crippen LogP contribution in [0.5, 0.6) is 0 Å². The molecule has 0 aliphatic carbocycles. The van der Waals surface area contributed by atoms with Gasteiger partial charge in [0.1, 0.15) is 0 Å². The molecule has 1 saturated heterocycles. The largest absolute Gasteiger partial charge is 0.395 e. The van der Waals surface area contributed by atoms with Gasteiger partial charge in [-0.3, -0.25) is 9.59 Å². The molecule has 110 valence electrons. The van der Waals surface area contributed by atoms with Gasteiger partial charge in [0.25, 0.3) is 5.91 Å². The fourth-order valence-electron chi connectivity index (χ4n) is 2.34. The van der Waals surface area contributed by atoms with Crippen LogP contribution in [-0.4, -0.2) is 41.5 Å². The average molecular weight is 286 g/mol. The molecule has 1 heterocycles. The van der Waals surface area contributed by atoms with Crippen LogP contribution in [0.4, 0.5) is 0 Å². The summed E-state index contributed by atoms with van der Waals surface area (Å²) in [6.45, 7) is 0.896. The maximum absolute atomic E-state index is 12.5. The summed E-state index contributed by atoms with van der Waals surface area (Å²) in [5, 5.41) is 8.76. The van der Waals surface area contributed by atoms with E-state index in [1.54, 1.807) is 23.1 Å². The summed E-state index contributed by atoms with van der Waals surface area (Å²) in [5.74, 6) is 4.97. The number of aliphatic hydroxyl groups is 1. The van der Waals surface area contributed by atoms with E-state index in [0.717, 1.165) is 0 Å². The molecule has 1 atom stereocenters. The van der Waals surface area contributed by atoms with Crippen molar-refractivity contribution in [3.8, 4) is 11.8 Å². The van der Waals surface area contributed by atoms with Gasteiger partial charge in [0.05, 0.1) is 18.1 Å². The van der Waals surface area contributed by atoms with Gasteiger partial charge in [0, 0.05) is 25.1 Å². The fourth-order valence-corrected chi connectivity index (χ4v) is 2.34. The van der Waals surface area contributed by atoms with E-state index in [4.69, 9.17) is 10.8 Å². The molecule has 0 spiro atoms. The standard InChI is InChI=1S/C16H18N2O3/c17-15(20)13-8-9-18(11-13)16(21)14-7-2-1-5-12(14)6-3-4-10-19/h1-2,5,7,13,19H,4,8-11H2,(H2,17,20). The predicted molar refractivity (Wildman–Crippen MR) is 78.2 cm³/mol. The Bertz CT molecular complexity index is 601. The normalized spacial score (nSPS) is 17.2. The molecule has 0 bridgehead atoms. The lowest BCUT2D eigenvalue weighted by molar-refractivity contribution is -0.121. The molecule has 1 unspecified atom stereocenters. The first-order valence-electron chi connectivity index (χ1n) is 6.91. The molecule has 1 aromatic carbocycles. The number of nitrogens with two attached hydrogens (primary N) is 1. The van der Waals surface area contributed by atoms with Crippen molar-refractivity contribution in [2.45, 2.75) is 12.8 Å². The lowest BCUT2D eigenvalue weighted by Crippen LogP contribution is -2.32. The van der Waals surface area contributed by atoms with Gasteiger partial charge in [-0.25, -0.2) is 0 Å². The van der Waals surface area contributed by atoms with Crippen LogP contribution in [0.3, 0.4) is 0 Å². The van der Waals surface area contributed by atoms with Crippen molar-refractivity contribution in [2.75, 3.05) is 19.7 Å². The highest BCUT2D eigenvalue weighted by Crippen LogP contribution is 2.19. The molecule has 21 heavy (non-hydrogen) atoms. The molecule has 0 saturated carbocycles. The SMILES string of the molecule is NC(=O)C1CCN(C(=O)c2ccccc2C#CCCO)C1. The third-order valence-electron chi connectivity index (χ3n) is 3.50. The smallest absolute Gasteiger partial charge is 0.255 e. The number of primary amides is 1. The topological polar surface area (TPSA) is 83.6 Å². The molecular formula is C16H18N2O3. The summed E-state index contributed by atoms with van der Waals surface area (Å²) in [6.07, 6.45) is 0.982. The monoisotopic (exact) mass is 286 g/mol. The van der Waals surface area contributed by atoms with Crippen LogP contribution in [0.25, 0.3) is 0 Å². The van der Waals surface area contributed by atoms with Crippen LogP contribution in [0.15, 0.2) is 24.3 Å². The molecular weight excluding hydrogens is 268 g/mol. The number of hydrogen-bond donors (Lipinski definition) is 2. The van der Waals surface area contributed by atoms with E-state index in [0.29, 0.717) is 37.1 Å². The number of rotatable bonds is 3. The number of aliphatic hydroxyl groups excluding tert-OH is 1. The molecule has 0 aromatic heterocycles. The van der Waals surface area contributed by atoms with Gasteiger partial charge in [-0.15, -0.1) is 0 Å². The van der Waals surface area contributed by atoms with E-state index in [-0.39, 0.29) is 24.3 Å². The first-order valence-corrected chi connectivity index (χ1v) is 6.91. The number of hydrogen-bond acceptors (Lipinski definition) is 3. The van der Waals surface area contributed by atoms with Gasteiger partial charge in [-0.1, -0.05) is 24.0 Å². The van der Waals surface area contributed by atoms with Crippen LogP contribution >= 0.6 is 0 Å². The minimum Gasteiger partial charge on any atom is -0.395 e. The Morgan fingerprint density at radius 1 is 1.38 bits per heavy atom. The highest BCUT2D eigenvalue weighted by atomic mass is 16.2. The Labute approximate surface area is 123 Å². The molecule has 1 aromatic rings. The van der Waals surface area contributed by atoms with Crippen LogP contribution in [0.1, 0.15) is 28.8 Å². The van der Waals surface area contributed by atoms with Crippen molar-refractivity contribution in [3.63, 3.8) is 0 Å². The quantitative estimate of drug-likeness (QED) is 0.787. The summed E-state index contributed by atoms with van der Waals surface area (Å²) in [6, 6.07) is 7.10. The molecule has 5 heteroatoms. The lowest BCUT2D eigenvalue weighted by Gasteiger charge is -2.16. The highest BCUT2D eigenvalue weighted by molar-refractivity contribution is 5.97. The van der Waals surface area contributed by atoms with Gasteiger partial charge < -0.3 is 15.7 Å². The van der Waals surface area contributed by atoms with Crippen molar-refractivity contribution in [2.24, 2.45) is 11.7 Å². The van der Waals surface area contributed by atoms with Gasteiger partial charge in [0.15, 0.2) is 0 Å². The molecule has 2 amide bonds. The van der Waals surface area contributed by atoms with E-state index in [2.05, 4.69) is 11.8 Å². The van der Waals surface area contributed by atoms with Crippen molar-refractivity contribution in [1.29, 1.82) is 0 Å². The van der Waals surface area contributed by atoms with E-state index in [1.807, 2.05) is 6.07 Å². The maximum Gasteiger partial charge on any atom is 0.255 e. The first kappa shape index (κ1) is 15.1. The number of likely N-dealkylation sites (tertiary alicyclic amines) is 1. The summed E-state index contributed by atoms with van der Waals surface area (Å²) < 4.78 is 0. The zero-order valence-corrected chi connectivity index (χ0v) is 11.7. The summed E-state index contributed by atoms with van der Waals surface area (Å²) in [7, 11) is 0. The molecule has 0 radical (unpaired) electrons. The second-order valence-electron chi connectivity index (χ2n) is 4.96. The highest BCUT2D eigenvalue weighted by Gasteiger charge is 2.30. The Balaban J connectivity index is 2.17. The minimum atomic E-state index is -0.360. The summed E-state index contributed by atoms with van der Waals surface area (Å²) >= 11 is 0. The Kier molecular flexibility index (Phi) is 4.96. The second-order valence-corrected chi connectivity index (χ2v) is 4.96. The molecule has 1 fully saturated rings. The van der Waals surface area contributed by atoms with Crippen molar-refractivity contribution < 1.29 is 14.7 Å². The van der Waals surface area contributed by atoms with E-state index >= 15 is 0 Å². The average Bonchev–Trinajstić information content (AvgIpc) is 2.97. The predicted octanol–water partition coefficient (Wildman–Crippen LogP) is 0.368. The van der Waals surface area contributed by atoms with Crippen molar-refractivity contribution in [3.05, 3.63) is 35.4 Å². The molecule has 5 nitrogen and oxygen atoms in total.